The molecule has 0 aliphatic heterocycles. The van der Waals surface area contributed by atoms with Crippen LogP contribution in [-0.4, -0.2) is 28.1 Å². The number of nitrogens with zero attached hydrogens (tertiary/aromatic N) is 2. The lowest BCUT2D eigenvalue weighted by Gasteiger charge is -2.11. The van der Waals surface area contributed by atoms with Crippen molar-refractivity contribution >= 4 is 17.6 Å². The lowest BCUT2D eigenvalue weighted by molar-refractivity contribution is -0.116. The summed E-state index contributed by atoms with van der Waals surface area (Å²) in [7, 11) is 0. The maximum absolute atomic E-state index is 12.3. The van der Waals surface area contributed by atoms with Crippen LogP contribution in [-0.2, 0) is 4.79 Å². The first-order valence-electron chi connectivity index (χ1n) is 8.69. The van der Waals surface area contributed by atoms with Crippen molar-refractivity contribution in [2.24, 2.45) is 0 Å². The molecule has 140 valence electrons. The molecule has 7 heteroatoms. The number of hydrogen-bond acceptors (Lipinski definition) is 4. The molecule has 3 rings (SSSR count). The number of rotatable bonds is 6. The van der Waals surface area contributed by atoms with Gasteiger partial charge in [0.05, 0.1) is 17.6 Å². The van der Waals surface area contributed by atoms with Gasteiger partial charge >= 0.3 is 0 Å². The molecule has 27 heavy (non-hydrogen) atoms. The Hall–Kier alpha value is -3.35. The quantitative estimate of drug-likeness (QED) is 0.701. The maximum atomic E-state index is 12.3. The van der Waals surface area contributed by atoms with E-state index in [9.17, 15) is 9.59 Å². The highest BCUT2D eigenvalue weighted by molar-refractivity contribution is 5.93. The molecular formula is C20H22N4O3. The summed E-state index contributed by atoms with van der Waals surface area (Å²) in [6.45, 7) is 6.13. The molecule has 0 saturated carbocycles. The Kier molecular flexibility index (Phi) is 5.40. The molecule has 0 atom stereocenters. The van der Waals surface area contributed by atoms with Crippen LogP contribution in [0.1, 0.15) is 33.8 Å². The molecule has 3 aromatic rings. The zero-order valence-electron chi connectivity index (χ0n) is 15.6. The maximum Gasteiger partial charge on any atom is 0.286 e. The van der Waals surface area contributed by atoms with Crippen LogP contribution >= 0.6 is 0 Å². The van der Waals surface area contributed by atoms with Crippen molar-refractivity contribution < 1.29 is 14.0 Å². The van der Waals surface area contributed by atoms with E-state index in [1.54, 1.807) is 16.8 Å². The van der Waals surface area contributed by atoms with E-state index in [-0.39, 0.29) is 30.5 Å². The second-order valence-electron chi connectivity index (χ2n) is 6.46. The molecular weight excluding hydrogens is 344 g/mol. The molecule has 0 aliphatic rings. The second kappa shape index (κ2) is 7.90. The third-order valence-electron chi connectivity index (χ3n) is 3.93. The van der Waals surface area contributed by atoms with Gasteiger partial charge in [-0.1, -0.05) is 6.07 Å². The predicted molar refractivity (Wildman–Crippen MR) is 102 cm³/mol. The third kappa shape index (κ3) is 4.63. The molecule has 1 aromatic carbocycles. The molecule has 0 saturated heterocycles. The summed E-state index contributed by atoms with van der Waals surface area (Å²) in [5.74, 6) is 0.267. The molecule has 0 spiro atoms. The second-order valence-corrected chi connectivity index (χ2v) is 6.46. The van der Waals surface area contributed by atoms with Crippen LogP contribution in [0.15, 0.2) is 47.1 Å². The number of aromatic nitrogens is 2. The van der Waals surface area contributed by atoms with Gasteiger partial charge in [-0.2, -0.15) is 5.10 Å². The van der Waals surface area contributed by atoms with E-state index in [4.69, 9.17) is 4.42 Å². The van der Waals surface area contributed by atoms with Crippen LogP contribution in [0.4, 0.5) is 5.82 Å². The van der Waals surface area contributed by atoms with Gasteiger partial charge in [0.25, 0.3) is 5.91 Å². The van der Waals surface area contributed by atoms with Gasteiger partial charge in [-0.15, -0.1) is 0 Å². The summed E-state index contributed by atoms with van der Waals surface area (Å²) in [5.41, 5.74) is 3.93. The lowest BCUT2D eigenvalue weighted by atomic mass is 10.1. The Bertz CT molecular complexity index is 938. The molecule has 0 fully saturated rings. The Morgan fingerprint density at radius 2 is 1.85 bits per heavy atom. The highest BCUT2D eigenvalue weighted by Gasteiger charge is 2.13. The van der Waals surface area contributed by atoms with Gasteiger partial charge < -0.3 is 15.1 Å². The van der Waals surface area contributed by atoms with Gasteiger partial charge in [0.2, 0.25) is 5.91 Å². The van der Waals surface area contributed by atoms with Crippen molar-refractivity contribution in [1.82, 2.24) is 15.1 Å². The molecule has 2 aromatic heterocycles. The van der Waals surface area contributed by atoms with E-state index in [0.717, 1.165) is 22.5 Å². The topological polar surface area (TPSA) is 89.2 Å². The minimum absolute atomic E-state index is 0.142. The molecule has 0 unspecified atom stereocenters. The number of amides is 2. The average Bonchev–Trinajstić information content (AvgIpc) is 3.23. The fourth-order valence-corrected chi connectivity index (χ4v) is 2.85. The van der Waals surface area contributed by atoms with Gasteiger partial charge in [0.15, 0.2) is 5.76 Å². The van der Waals surface area contributed by atoms with E-state index in [1.807, 2.05) is 39.0 Å². The van der Waals surface area contributed by atoms with Gasteiger partial charge in [0, 0.05) is 19.0 Å². The van der Waals surface area contributed by atoms with Crippen molar-refractivity contribution in [3.05, 3.63) is 65.2 Å². The SMILES string of the molecule is Cc1cc(C)cc(-n2nc(C)cc2NC(=O)CCNC(=O)c2ccco2)c1. The summed E-state index contributed by atoms with van der Waals surface area (Å²) >= 11 is 0. The van der Waals surface area contributed by atoms with Crippen LogP contribution in [0.25, 0.3) is 5.69 Å². The number of anilines is 1. The summed E-state index contributed by atoms with van der Waals surface area (Å²) in [5, 5.41) is 9.99. The van der Waals surface area contributed by atoms with Crippen molar-refractivity contribution in [3.63, 3.8) is 0 Å². The predicted octanol–water partition coefficient (Wildman–Crippen LogP) is 3.15. The van der Waals surface area contributed by atoms with Crippen LogP contribution in [0.3, 0.4) is 0 Å². The fourth-order valence-electron chi connectivity index (χ4n) is 2.85. The Labute approximate surface area is 157 Å². The minimum atomic E-state index is -0.344. The molecule has 0 radical (unpaired) electrons. The van der Waals surface area contributed by atoms with E-state index < -0.39 is 0 Å². The van der Waals surface area contributed by atoms with Gasteiger partial charge in [-0.05, 0) is 56.2 Å². The third-order valence-corrected chi connectivity index (χ3v) is 3.93. The van der Waals surface area contributed by atoms with E-state index >= 15 is 0 Å². The number of hydrogen-bond donors (Lipinski definition) is 2. The van der Waals surface area contributed by atoms with Crippen LogP contribution in [0.5, 0.6) is 0 Å². The highest BCUT2D eigenvalue weighted by Crippen LogP contribution is 2.20. The van der Waals surface area contributed by atoms with E-state index in [1.165, 1.54) is 6.26 Å². The molecule has 2 heterocycles. The lowest BCUT2D eigenvalue weighted by Crippen LogP contribution is -2.27. The van der Waals surface area contributed by atoms with Gasteiger partial charge in [-0.3, -0.25) is 9.59 Å². The van der Waals surface area contributed by atoms with Gasteiger partial charge in [-0.25, -0.2) is 4.68 Å². The number of carbonyl (C=O) groups excluding carboxylic acids is 2. The number of benzene rings is 1. The number of aryl methyl sites for hydroxylation is 3. The molecule has 0 bridgehead atoms. The van der Waals surface area contributed by atoms with Crippen molar-refractivity contribution in [2.45, 2.75) is 27.2 Å². The number of nitrogens with one attached hydrogen (secondary N) is 2. The van der Waals surface area contributed by atoms with Crippen molar-refractivity contribution in [3.8, 4) is 5.69 Å². The molecule has 2 amide bonds. The van der Waals surface area contributed by atoms with Crippen LogP contribution in [0, 0.1) is 20.8 Å². The minimum Gasteiger partial charge on any atom is -0.459 e. The number of furan rings is 1. The first kappa shape index (κ1) is 18.4. The van der Waals surface area contributed by atoms with Crippen molar-refractivity contribution in [2.75, 3.05) is 11.9 Å². The van der Waals surface area contributed by atoms with E-state index in [2.05, 4.69) is 21.8 Å². The largest absolute Gasteiger partial charge is 0.459 e. The summed E-state index contributed by atoms with van der Waals surface area (Å²) in [6.07, 6.45) is 1.57. The molecule has 2 N–H and O–H groups in total. The molecule has 7 nitrogen and oxygen atoms in total. The Morgan fingerprint density at radius 3 is 2.52 bits per heavy atom. The first-order valence-corrected chi connectivity index (χ1v) is 8.69. The standard InChI is InChI=1S/C20H22N4O3/c1-13-9-14(2)11-16(10-13)24-18(12-15(3)23-24)22-19(25)6-7-21-20(26)17-5-4-8-27-17/h4-5,8-12H,6-7H2,1-3H3,(H,21,26)(H,22,25). The van der Waals surface area contributed by atoms with E-state index in [0.29, 0.717) is 5.82 Å². The monoisotopic (exact) mass is 366 g/mol. The smallest absolute Gasteiger partial charge is 0.286 e. The van der Waals surface area contributed by atoms with Crippen LogP contribution in [0.2, 0.25) is 0 Å². The average molecular weight is 366 g/mol. The summed E-state index contributed by atoms with van der Waals surface area (Å²) in [6, 6.07) is 11.1. The fraction of sp³-hybridized carbons (Fsp3) is 0.250. The van der Waals surface area contributed by atoms with Gasteiger partial charge in [0.1, 0.15) is 5.82 Å². The summed E-state index contributed by atoms with van der Waals surface area (Å²) in [4.78, 5) is 24.1. The van der Waals surface area contributed by atoms with Crippen molar-refractivity contribution in [1.29, 1.82) is 0 Å². The normalized spacial score (nSPS) is 10.6. The summed E-state index contributed by atoms with van der Waals surface area (Å²) < 4.78 is 6.73. The Morgan fingerprint density at radius 1 is 1.11 bits per heavy atom. The zero-order valence-corrected chi connectivity index (χ0v) is 15.6. The van der Waals surface area contributed by atoms with Crippen LogP contribution < -0.4 is 10.6 Å². The number of carbonyl (C=O) groups is 2. The Balaban J connectivity index is 1.63. The zero-order chi connectivity index (χ0) is 19.4. The molecule has 0 aliphatic carbocycles. The highest BCUT2D eigenvalue weighted by atomic mass is 16.3. The first-order chi connectivity index (χ1) is 12.9.